The summed E-state index contributed by atoms with van der Waals surface area (Å²) >= 11 is 0. The van der Waals surface area contributed by atoms with Crippen molar-refractivity contribution in [1.29, 1.82) is 0 Å². The molecule has 26 heavy (non-hydrogen) atoms. The number of amides is 1. The molecule has 2 aromatic carbocycles. The van der Waals surface area contributed by atoms with Crippen LogP contribution in [0.25, 0.3) is 6.08 Å². The molecular formula is C20H20N2O3S. The Bertz CT molecular complexity index is 936. The van der Waals surface area contributed by atoms with Gasteiger partial charge in [-0.25, -0.2) is 8.42 Å². The van der Waals surface area contributed by atoms with E-state index in [1.54, 1.807) is 38.4 Å². The molecule has 1 amide bonds. The SMILES string of the molecule is CN(C)C(=O)c1ccc(C#CCNS(=O)(=O)/C=C/c2ccccc2)cc1. The highest BCUT2D eigenvalue weighted by Gasteiger charge is 2.06. The lowest BCUT2D eigenvalue weighted by atomic mass is 10.1. The van der Waals surface area contributed by atoms with Gasteiger partial charge in [-0.2, -0.15) is 4.72 Å². The first kappa shape index (κ1) is 19.4. The van der Waals surface area contributed by atoms with Crippen LogP contribution in [0.3, 0.4) is 0 Å². The number of rotatable bonds is 5. The van der Waals surface area contributed by atoms with E-state index < -0.39 is 10.0 Å². The fraction of sp³-hybridized carbons (Fsp3) is 0.150. The first-order valence-corrected chi connectivity index (χ1v) is 9.45. The molecule has 5 nitrogen and oxygen atoms in total. The van der Waals surface area contributed by atoms with Crippen molar-refractivity contribution in [3.63, 3.8) is 0 Å². The summed E-state index contributed by atoms with van der Waals surface area (Å²) < 4.78 is 26.2. The molecule has 0 aliphatic rings. The van der Waals surface area contributed by atoms with Crippen LogP contribution in [0.2, 0.25) is 0 Å². The third kappa shape index (κ3) is 6.20. The lowest BCUT2D eigenvalue weighted by Crippen LogP contribution is -2.21. The van der Waals surface area contributed by atoms with E-state index in [1.165, 1.54) is 11.0 Å². The molecule has 1 N–H and O–H groups in total. The van der Waals surface area contributed by atoms with Crippen LogP contribution in [0.15, 0.2) is 60.0 Å². The molecule has 0 saturated carbocycles. The Labute approximate surface area is 154 Å². The predicted molar refractivity (Wildman–Crippen MR) is 104 cm³/mol. The largest absolute Gasteiger partial charge is 0.345 e. The first-order valence-electron chi connectivity index (χ1n) is 7.91. The van der Waals surface area contributed by atoms with Gasteiger partial charge in [0.05, 0.1) is 6.54 Å². The van der Waals surface area contributed by atoms with E-state index in [2.05, 4.69) is 16.6 Å². The van der Waals surface area contributed by atoms with Gasteiger partial charge in [0.25, 0.3) is 5.91 Å². The quantitative estimate of drug-likeness (QED) is 0.824. The molecule has 0 spiro atoms. The standard InChI is InChI=1S/C20H20N2O3S/c1-22(2)20(23)19-12-10-18(11-13-19)9-6-15-21-26(24,25)16-14-17-7-4-3-5-8-17/h3-5,7-8,10-14,16,21H,15H2,1-2H3/b16-14+. The van der Waals surface area contributed by atoms with Gasteiger partial charge in [-0.05, 0) is 35.9 Å². The lowest BCUT2D eigenvalue weighted by Gasteiger charge is -2.09. The van der Waals surface area contributed by atoms with Crippen molar-refractivity contribution in [1.82, 2.24) is 9.62 Å². The van der Waals surface area contributed by atoms with Gasteiger partial charge < -0.3 is 4.90 Å². The van der Waals surface area contributed by atoms with Crippen molar-refractivity contribution in [2.45, 2.75) is 0 Å². The molecular weight excluding hydrogens is 348 g/mol. The molecule has 2 aromatic rings. The molecule has 6 heteroatoms. The Hall–Kier alpha value is -2.88. The zero-order chi connectivity index (χ0) is 19.0. The fourth-order valence-corrected chi connectivity index (χ4v) is 2.72. The highest BCUT2D eigenvalue weighted by Crippen LogP contribution is 2.05. The van der Waals surface area contributed by atoms with E-state index in [0.717, 1.165) is 11.0 Å². The molecule has 2 rings (SSSR count). The molecule has 0 aliphatic heterocycles. The molecule has 0 bridgehead atoms. The third-order valence-corrected chi connectivity index (χ3v) is 4.41. The molecule has 0 saturated heterocycles. The molecule has 0 radical (unpaired) electrons. The maximum atomic E-state index is 11.9. The van der Waals surface area contributed by atoms with Crippen LogP contribution in [-0.2, 0) is 10.0 Å². The summed E-state index contributed by atoms with van der Waals surface area (Å²) in [6.45, 7) is -0.000156. The van der Waals surface area contributed by atoms with E-state index in [1.807, 2.05) is 30.3 Å². The molecule has 134 valence electrons. The van der Waals surface area contributed by atoms with Crippen molar-refractivity contribution in [2.24, 2.45) is 0 Å². The van der Waals surface area contributed by atoms with Crippen LogP contribution in [0.4, 0.5) is 0 Å². The van der Waals surface area contributed by atoms with Gasteiger partial charge in [-0.15, -0.1) is 0 Å². The van der Waals surface area contributed by atoms with Crippen LogP contribution in [0.1, 0.15) is 21.5 Å². The van der Waals surface area contributed by atoms with E-state index in [0.29, 0.717) is 11.1 Å². The first-order chi connectivity index (χ1) is 12.4. The number of hydrogen-bond acceptors (Lipinski definition) is 3. The number of carbonyl (C=O) groups is 1. The average molecular weight is 368 g/mol. The number of nitrogens with zero attached hydrogens (tertiary/aromatic N) is 1. The van der Waals surface area contributed by atoms with Crippen LogP contribution in [0, 0.1) is 11.8 Å². The number of sulfonamides is 1. The number of hydrogen-bond donors (Lipinski definition) is 1. The van der Waals surface area contributed by atoms with Crippen LogP contribution < -0.4 is 4.72 Å². The molecule has 0 unspecified atom stereocenters. The highest BCUT2D eigenvalue weighted by atomic mass is 32.2. The monoisotopic (exact) mass is 368 g/mol. The van der Waals surface area contributed by atoms with Crippen molar-refractivity contribution < 1.29 is 13.2 Å². The van der Waals surface area contributed by atoms with Gasteiger partial charge in [-0.1, -0.05) is 42.2 Å². The molecule has 0 atom stereocenters. The summed E-state index contributed by atoms with van der Waals surface area (Å²) in [6, 6.07) is 16.0. The minimum atomic E-state index is -3.54. The summed E-state index contributed by atoms with van der Waals surface area (Å²) in [5.41, 5.74) is 2.09. The summed E-state index contributed by atoms with van der Waals surface area (Å²) in [6.07, 6.45) is 1.52. The number of benzene rings is 2. The van der Waals surface area contributed by atoms with E-state index in [9.17, 15) is 13.2 Å². The number of nitrogens with one attached hydrogen (secondary N) is 1. The fourth-order valence-electron chi connectivity index (χ4n) is 2.02. The molecule has 0 aromatic heterocycles. The second kappa shape index (κ2) is 8.99. The Morgan fingerprint density at radius 2 is 1.73 bits per heavy atom. The molecule has 0 heterocycles. The van der Waals surface area contributed by atoms with Crippen molar-refractivity contribution >= 4 is 22.0 Å². The Morgan fingerprint density at radius 1 is 1.08 bits per heavy atom. The summed E-state index contributed by atoms with van der Waals surface area (Å²) in [4.78, 5) is 13.3. The molecule has 0 fully saturated rings. The third-order valence-electron chi connectivity index (χ3n) is 3.37. The van der Waals surface area contributed by atoms with Crippen LogP contribution >= 0.6 is 0 Å². The van der Waals surface area contributed by atoms with Crippen LogP contribution in [0.5, 0.6) is 0 Å². The Balaban J connectivity index is 1.91. The van der Waals surface area contributed by atoms with E-state index in [4.69, 9.17) is 0 Å². The summed E-state index contributed by atoms with van der Waals surface area (Å²) in [5.74, 6) is 5.54. The zero-order valence-electron chi connectivity index (χ0n) is 14.6. The van der Waals surface area contributed by atoms with Gasteiger partial charge in [0, 0.05) is 30.6 Å². The summed E-state index contributed by atoms with van der Waals surface area (Å²) in [7, 11) is -0.167. The number of carbonyl (C=O) groups excluding carboxylic acids is 1. The highest BCUT2D eigenvalue weighted by molar-refractivity contribution is 7.92. The lowest BCUT2D eigenvalue weighted by molar-refractivity contribution is 0.0827. The van der Waals surface area contributed by atoms with Crippen molar-refractivity contribution in [3.8, 4) is 11.8 Å². The van der Waals surface area contributed by atoms with E-state index in [-0.39, 0.29) is 12.5 Å². The Morgan fingerprint density at radius 3 is 2.35 bits per heavy atom. The van der Waals surface area contributed by atoms with Gasteiger partial charge in [0.15, 0.2) is 0 Å². The second-order valence-electron chi connectivity index (χ2n) is 5.66. The maximum Gasteiger partial charge on any atom is 0.253 e. The van der Waals surface area contributed by atoms with Gasteiger partial charge >= 0.3 is 0 Å². The zero-order valence-corrected chi connectivity index (χ0v) is 15.5. The van der Waals surface area contributed by atoms with Gasteiger partial charge in [-0.3, -0.25) is 4.79 Å². The smallest absolute Gasteiger partial charge is 0.253 e. The van der Waals surface area contributed by atoms with Crippen molar-refractivity contribution in [2.75, 3.05) is 20.6 Å². The van der Waals surface area contributed by atoms with Gasteiger partial charge in [0.1, 0.15) is 0 Å². The Kier molecular flexibility index (Phi) is 6.73. The normalized spacial score (nSPS) is 11.0. The minimum absolute atomic E-state index is 0.000156. The minimum Gasteiger partial charge on any atom is -0.345 e. The average Bonchev–Trinajstić information content (AvgIpc) is 2.64. The second-order valence-corrected chi connectivity index (χ2v) is 7.31. The topological polar surface area (TPSA) is 66.5 Å². The summed E-state index contributed by atoms with van der Waals surface area (Å²) in [5, 5.41) is 1.12. The van der Waals surface area contributed by atoms with Crippen LogP contribution in [-0.4, -0.2) is 39.9 Å². The molecule has 0 aliphatic carbocycles. The maximum absolute atomic E-state index is 11.9. The van der Waals surface area contributed by atoms with E-state index >= 15 is 0 Å². The van der Waals surface area contributed by atoms with Gasteiger partial charge in [0.2, 0.25) is 10.0 Å². The van der Waals surface area contributed by atoms with Crippen molar-refractivity contribution in [3.05, 3.63) is 76.7 Å². The predicted octanol–water partition coefficient (Wildman–Crippen LogP) is 2.33.